The van der Waals surface area contributed by atoms with E-state index in [1.54, 1.807) is 46.7 Å². The lowest BCUT2D eigenvalue weighted by Crippen LogP contribution is -2.11. The lowest BCUT2D eigenvalue weighted by molar-refractivity contribution is 0.575. The smallest absolute Gasteiger partial charge is 0.211 e. The molecule has 0 saturated carbocycles. The van der Waals surface area contributed by atoms with E-state index in [1.165, 1.54) is 11.3 Å². The lowest BCUT2D eigenvalue weighted by Gasteiger charge is -2.01. The first-order valence-corrected chi connectivity index (χ1v) is 10.1. The molecule has 3 aromatic heterocycles. The van der Waals surface area contributed by atoms with Crippen LogP contribution in [-0.2, 0) is 0 Å². The summed E-state index contributed by atoms with van der Waals surface area (Å²) in [5.41, 5.74) is 2.47. The average molecular weight is 420 g/mol. The second-order valence-corrected chi connectivity index (χ2v) is 7.66. The van der Waals surface area contributed by atoms with Gasteiger partial charge in [-0.05, 0) is 47.2 Å². The fourth-order valence-electron chi connectivity index (χ4n) is 2.23. The van der Waals surface area contributed by atoms with E-state index in [2.05, 4.69) is 10.1 Å². The molecule has 0 unspecified atom stereocenters. The van der Waals surface area contributed by atoms with Crippen LogP contribution in [-0.4, -0.2) is 10.9 Å². The number of nitrogens with zero attached hydrogens (tertiary/aromatic N) is 3. The summed E-state index contributed by atoms with van der Waals surface area (Å²) in [5, 5.41) is 11.6. The van der Waals surface area contributed by atoms with E-state index < -0.39 is 0 Å². The van der Waals surface area contributed by atoms with E-state index >= 15 is 0 Å². The zero-order valence-corrected chi connectivity index (χ0v) is 16.3. The van der Waals surface area contributed by atoms with Crippen molar-refractivity contribution in [1.29, 1.82) is 0 Å². The predicted octanol–water partition coefficient (Wildman–Crippen LogP) is 6.29. The predicted molar refractivity (Wildman–Crippen MR) is 109 cm³/mol. The van der Waals surface area contributed by atoms with E-state index in [0.29, 0.717) is 26.3 Å². The number of thiazole rings is 1. The topological polar surface area (TPSA) is 42.8 Å². The minimum absolute atomic E-state index is 0.485. The standard InChI is InChI=1S/C18H11Cl2N3OS2/c19-13-3-4-15(14(20)8-13)22-18-23(21-9-12-5-7-25-10-12)16(11-26-18)17-2-1-6-24-17/h1-11H. The van der Waals surface area contributed by atoms with Crippen molar-refractivity contribution >= 4 is 57.8 Å². The minimum atomic E-state index is 0.485. The van der Waals surface area contributed by atoms with Gasteiger partial charge in [0.25, 0.3) is 0 Å². The van der Waals surface area contributed by atoms with Crippen molar-refractivity contribution in [3.05, 3.63) is 79.2 Å². The van der Waals surface area contributed by atoms with Crippen molar-refractivity contribution in [2.75, 3.05) is 0 Å². The van der Waals surface area contributed by atoms with Crippen LogP contribution < -0.4 is 4.80 Å². The highest BCUT2D eigenvalue weighted by atomic mass is 35.5. The van der Waals surface area contributed by atoms with Gasteiger partial charge in [0.05, 0.1) is 23.2 Å². The summed E-state index contributed by atoms with van der Waals surface area (Å²) in [6.07, 6.45) is 3.42. The molecule has 0 amide bonds. The third kappa shape index (κ3) is 3.68. The molecule has 4 rings (SSSR count). The van der Waals surface area contributed by atoms with Gasteiger partial charge < -0.3 is 4.42 Å². The number of thiophene rings is 1. The molecule has 0 atom stereocenters. The molecule has 0 N–H and O–H groups in total. The highest BCUT2D eigenvalue weighted by Crippen LogP contribution is 2.28. The van der Waals surface area contributed by atoms with Crippen molar-refractivity contribution in [2.24, 2.45) is 10.1 Å². The van der Waals surface area contributed by atoms with Crippen molar-refractivity contribution in [2.45, 2.75) is 0 Å². The molecule has 26 heavy (non-hydrogen) atoms. The van der Waals surface area contributed by atoms with E-state index in [9.17, 15) is 0 Å². The SMILES string of the molecule is Clc1ccc(N=c2scc(-c3ccco3)n2N=Cc2ccsc2)c(Cl)c1. The van der Waals surface area contributed by atoms with E-state index in [-0.39, 0.29) is 0 Å². The molecule has 0 saturated heterocycles. The van der Waals surface area contributed by atoms with Crippen LogP contribution in [0.25, 0.3) is 11.5 Å². The Hall–Kier alpha value is -2.12. The Labute approximate surface area is 167 Å². The first kappa shape index (κ1) is 17.3. The molecule has 1 aromatic carbocycles. The Morgan fingerprint density at radius 3 is 2.77 bits per heavy atom. The third-order valence-electron chi connectivity index (χ3n) is 3.45. The first-order valence-electron chi connectivity index (χ1n) is 7.51. The number of benzene rings is 1. The van der Waals surface area contributed by atoms with Crippen molar-refractivity contribution in [1.82, 2.24) is 4.68 Å². The van der Waals surface area contributed by atoms with Crippen LogP contribution in [0.4, 0.5) is 5.69 Å². The molecule has 130 valence electrons. The molecule has 0 fully saturated rings. The Kier molecular flexibility index (Phi) is 5.08. The molecular weight excluding hydrogens is 409 g/mol. The number of hydrogen-bond acceptors (Lipinski definition) is 5. The van der Waals surface area contributed by atoms with Gasteiger partial charge in [0, 0.05) is 16.0 Å². The van der Waals surface area contributed by atoms with Gasteiger partial charge >= 0.3 is 0 Å². The number of furan rings is 1. The zero-order chi connectivity index (χ0) is 17.9. The Bertz CT molecular complexity index is 1110. The van der Waals surface area contributed by atoms with Crippen LogP contribution in [0.15, 0.2) is 73.3 Å². The van der Waals surface area contributed by atoms with Crippen LogP contribution in [0.1, 0.15) is 5.56 Å². The van der Waals surface area contributed by atoms with Crippen LogP contribution in [0.3, 0.4) is 0 Å². The normalized spacial score (nSPS) is 12.3. The highest BCUT2D eigenvalue weighted by Gasteiger charge is 2.10. The molecule has 4 nitrogen and oxygen atoms in total. The number of halogens is 2. The fourth-order valence-corrected chi connectivity index (χ4v) is 4.12. The summed E-state index contributed by atoms with van der Waals surface area (Å²) in [5.74, 6) is 0.715. The quantitative estimate of drug-likeness (QED) is 0.358. The number of aromatic nitrogens is 1. The van der Waals surface area contributed by atoms with Crippen molar-refractivity contribution in [3.8, 4) is 11.5 Å². The van der Waals surface area contributed by atoms with Gasteiger partial charge in [-0.25, -0.2) is 9.67 Å². The summed E-state index contributed by atoms with van der Waals surface area (Å²) in [6, 6.07) is 10.9. The van der Waals surface area contributed by atoms with Gasteiger partial charge in [-0.2, -0.15) is 16.4 Å². The highest BCUT2D eigenvalue weighted by molar-refractivity contribution is 7.08. The third-order valence-corrected chi connectivity index (χ3v) is 5.51. The van der Waals surface area contributed by atoms with Gasteiger partial charge in [0.1, 0.15) is 5.69 Å². The van der Waals surface area contributed by atoms with E-state index in [1.807, 2.05) is 34.3 Å². The van der Waals surface area contributed by atoms with E-state index in [0.717, 1.165) is 11.3 Å². The molecule has 0 aliphatic carbocycles. The second-order valence-electron chi connectivity index (χ2n) is 5.20. The largest absolute Gasteiger partial charge is 0.463 e. The van der Waals surface area contributed by atoms with Crippen LogP contribution in [0.5, 0.6) is 0 Å². The van der Waals surface area contributed by atoms with Gasteiger partial charge in [0.2, 0.25) is 4.80 Å². The van der Waals surface area contributed by atoms with Gasteiger partial charge in [-0.15, -0.1) is 11.3 Å². The van der Waals surface area contributed by atoms with Crippen LogP contribution in [0, 0.1) is 0 Å². The van der Waals surface area contributed by atoms with Gasteiger partial charge in [-0.1, -0.05) is 23.2 Å². The fraction of sp³-hybridized carbons (Fsp3) is 0. The Morgan fingerprint density at radius 2 is 2.04 bits per heavy atom. The molecule has 0 bridgehead atoms. The molecule has 4 aromatic rings. The first-order chi connectivity index (χ1) is 12.7. The maximum absolute atomic E-state index is 6.26. The summed E-state index contributed by atoms with van der Waals surface area (Å²) < 4.78 is 7.27. The molecule has 3 heterocycles. The number of hydrogen-bond donors (Lipinski definition) is 0. The lowest BCUT2D eigenvalue weighted by atomic mass is 10.3. The summed E-state index contributed by atoms with van der Waals surface area (Å²) in [4.78, 5) is 5.32. The average Bonchev–Trinajstić information content (AvgIpc) is 3.37. The summed E-state index contributed by atoms with van der Waals surface area (Å²) in [6.45, 7) is 0. The Morgan fingerprint density at radius 1 is 1.12 bits per heavy atom. The van der Waals surface area contributed by atoms with Gasteiger partial charge in [0.15, 0.2) is 5.76 Å². The number of rotatable bonds is 4. The second kappa shape index (κ2) is 7.63. The maximum Gasteiger partial charge on any atom is 0.211 e. The summed E-state index contributed by atoms with van der Waals surface area (Å²) in [7, 11) is 0. The van der Waals surface area contributed by atoms with Crippen molar-refractivity contribution in [3.63, 3.8) is 0 Å². The molecule has 8 heteroatoms. The maximum atomic E-state index is 6.26. The molecule has 0 radical (unpaired) electrons. The van der Waals surface area contributed by atoms with Crippen LogP contribution in [0.2, 0.25) is 10.0 Å². The Balaban J connectivity index is 1.85. The molecule has 0 spiro atoms. The molecule has 0 aliphatic rings. The summed E-state index contributed by atoms with van der Waals surface area (Å²) >= 11 is 15.3. The van der Waals surface area contributed by atoms with Gasteiger partial charge in [-0.3, -0.25) is 0 Å². The monoisotopic (exact) mass is 419 g/mol. The molecular formula is C18H11Cl2N3OS2. The molecule has 0 aliphatic heterocycles. The van der Waals surface area contributed by atoms with Crippen LogP contribution >= 0.6 is 45.9 Å². The zero-order valence-electron chi connectivity index (χ0n) is 13.2. The van der Waals surface area contributed by atoms with Crippen molar-refractivity contribution < 1.29 is 4.42 Å². The van der Waals surface area contributed by atoms with E-state index in [4.69, 9.17) is 27.6 Å². The minimum Gasteiger partial charge on any atom is -0.463 e.